The van der Waals surface area contributed by atoms with Crippen molar-refractivity contribution >= 4 is 15.9 Å². The van der Waals surface area contributed by atoms with Crippen LogP contribution in [0.3, 0.4) is 0 Å². The molecule has 2 aromatic rings. The zero-order valence-electron chi connectivity index (χ0n) is 17.7. The van der Waals surface area contributed by atoms with E-state index >= 15 is 0 Å². The van der Waals surface area contributed by atoms with Crippen molar-refractivity contribution in [1.82, 2.24) is 14.1 Å². The van der Waals surface area contributed by atoms with Gasteiger partial charge in [-0.15, -0.1) is 0 Å². The largest absolute Gasteiger partial charge is 0.497 e. The summed E-state index contributed by atoms with van der Waals surface area (Å²) in [6, 6.07) is 15.3. The number of piperazine rings is 1. The third kappa shape index (κ3) is 5.81. The molecule has 1 heterocycles. The predicted molar refractivity (Wildman–Crippen MR) is 117 cm³/mol. The van der Waals surface area contributed by atoms with Crippen LogP contribution in [0, 0.1) is 0 Å². The van der Waals surface area contributed by atoms with Crippen LogP contribution in [0.4, 0.5) is 0 Å². The first-order valence-corrected chi connectivity index (χ1v) is 11.8. The molecule has 1 aliphatic rings. The Balaban J connectivity index is 1.59. The molecular formula is C22H29N3O4S. The summed E-state index contributed by atoms with van der Waals surface area (Å²) in [5.41, 5.74) is 2.73. The average Bonchev–Trinajstić information content (AvgIpc) is 2.73. The molecule has 7 nitrogen and oxygen atoms in total. The second-order valence-electron chi connectivity index (χ2n) is 7.65. The fourth-order valence-corrected chi connectivity index (χ4v) is 4.40. The SMILES string of the molecule is COc1ccc(CN(C)C(=O)c2cccc(CN3CCN(S(C)(=O)=O)CC3)c2)cc1. The quantitative estimate of drug-likeness (QED) is 0.671. The van der Waals surface area contributed by atoms with Gasteiger partial charge >= 0.3 is 0 Å². The van der Waals surface area contributed by atoms with Crippen molar-refractivity contribution in [1.29, 1.82) is 0 Å². The lowest BCUT2D eigenvalue weighted by atomic mass is 10.1. The number of sulfonamides is 1. The van der Waals surface area contributed by atoms with Crippen molar-refractivity contribution in [3.63, 3.8) is 0 Å². The van der Waals surface area contributed by atoms with Gasteiger partial charge in [0, 0.05) is 51.9 Å². The van der Waals surface area contributed by atoms with Crippen LogP contribution >= 0.6 is 0 Å². The Labute approximate surface area is 178 Å². The predicted octanol–water partition coefficient (Wildman–Crippen LogP) is 2.04. The maximum Gasteiger partial charge on any atom is 0.253 e. The van der Waals surface area contributed by atoms with E-state index in [4.69, 9.17) is 4.74 Å². The van der Waals surface area contributed by atoms with Crippen molar-refractivity contribution in [2.24, 2.45) is 0 Å². The molecule has 1 fully saturated rings. The van der Waals surface area contributed by atoms with Crippen molar-refractivity contribution < 1.29 is 17.9 Å². The van der Waals surface area contributed by atoms with Gasteiger partial charge in [0.05, 0.1) is 13.4 Å². The molecule has 3 rings (SSSR count). The molecule has 0 atom stereocenters. The highest BCUT2D eigenvalue weighted by molar-refractivity contribution is 7.88. The number of methoxy groups -OCH3 is 1. The van der Waals surface area contributed by atoms with E-state index in [0.29, 0.717) is 44.8 Å². The van der Waals surface area contributed by atoms with Crippen LogP contribution in [0.5, 0.6) is 5.75 Å². The van der Waals surface area contributed by atoms with Crippen LogP contribution in [0.1, 0.15) is 21.5 Å². The number of carbonyl (C=O) groups is 1. The van der Waals surface area contributed by atoms with Crippen molar-refractivity contribution in [3.05, 3.63) is 65.2 Å². The summed E-state index contributed by atoms with van der Waals surface area (Å²) in [5.74, 6) is 0.757. The van der Waals surface area contributed by atoms with Crippen LogP contribution in [0.2, 0.25) is 0 Å². The summed E-state index contributed by atoms with van der Waals surface area (Å²) >= 11 is 0. The molecule has 0 aliphatic carbocycles. The fraction of sp³-hybridized carbons (Fsp3) is 0.409. The molecule has 2 aromatic carbocycles. The smallest absolute Gasteiger partial charge is 0.253 e. The lowest BCUT2D eigenvalue weighted by Gasteiger charge is -2.33. The molecule has 0 saturated carbocycles. The average molecular weight is 432 g/mol. The highest BCUT2D eigenvalue weighted by atomic mass is 32.2. The molecule has 0 radical (unpaired) electrons. The molecule has 8 heteroatoms. The number of ether oxygens (including phenoxy) is 1. The van der Waals surface area contributed by atoms with E-state index in [2.05, 4.69) is 4.90 Å². The van der Waals surface area contributed by atoms with Gasteiger partial charge in [0.1, 0.15) is 5.75 Å². The number of hydrogen-bond acceptors (Lipinski definition) is 5. The van der Waals surface area contributed by atoms with Gasteiger partial charge in [0.25, 0.3) is 5.91 Å². The first kappa shape index (κ1) is 22.3. The van der Waals surface area contributed by atoms with Gasteiger partial charge in [-0.25, -0.2) is 8.42 Å². The van der Waals surface area contributed by atoms with Gasteiger partial charge in [-0.1, -0.05) is 24.3 Å². The minimum atomic E-state index is -3.13. The minimum Gasteiger partial charge on any atom is -0.497 e. The van der Waals surface area contributed by atoms with E-state index in [-0.39, 0.29) is 5.91 Å². The molecule has 1 aliphatic heterocycles. The maximum atomic E-state index is 12.9. The monoisotopic (exact) mass is 431 g/mol. The molecule has 0 spiro atoms. The highest BCUT2D eigenvalue weighted by Gasteiger charge is 2.23. The molecule has 0 N–H and O–H groups in total. The minimum absolute atomic E-state index is 0.0328. The summed E-state index contributed by atoms with van der Waals surface area (Å²) in [6.07, 6.45) is 1.25. The number of benzene rings is 2. The Kier molecular flexibility index (Phi) is 7.12. The number of hydrogen-bond donors (Lipinski definition) is 0. The second kappa shape index (κ2) is 9.59. The number of rotatable bonds is 7. The van der Waals surface area contributed by atoms with Crippen molar-refractivity contribution in [2.75, 3.05) is 46.6 Å². The van der Waals surface area contributed by atoms with Crippen LogP contribution < -0.4 is 4.74 Å². The Bertz CT molecular complexity index is 968. The Hall–Kier alpha value is -2.42. The van der Waals surface area contributed by atoms with E-state index in [9.17, 15) is 13.2 Å². The topological polar surface area (TPSA) is 70.2 Å². The Morgan fingerprint density at radius 1 is 1.03 bits per heavy atom. The van der Waals surface area contributed by atoms with Crippen LogP contribution in [-0.4, -0.2) is 75.0 Å². The summed E-state index contributed by atoms with van der Waals surface area (Å²) in [7, 11) is 0.293. The van der Waals surface area contributed by atoms with Crippen LogP contribution in [0.15, 0.2) is 48.5 Å². The lowest BCUT2D eigenvalue weighted by molar-refractivity contribution is 0.0785. The first-order valence-electron chi connectivity index (χ1n) is 9.91. The number of amides is 1. The van der Waals surface area contributed by atoms with Gasteiger partial charge < -0.3 is 9.64 Å². The summed E-state index contributed by atoms with van der Waals surface area (Å²) in [4.78, 5) is 16.8. The molecule has 0 aromatic heterocycles. The maximum absolute atomic E-state index is 12.9. The van der Waals surface area contributed by atoms with Gasteiger partial charge in [-0.3, -0.25) is 9.69 Å². The van der Waals surface area contributed by atoms with E-state index in [1.165, 1.54) is 10.6 Å². The summed E-state index contributed by atoms with van der Waals surface area (Å²) in [5, 5.41) is 0. The highest BCUT2D eigenvalue weighted by Crippen LogP contribution is 2.16. The molecule has 162 valence electrons. The Morgan fingerprint density at radius 2 is 1.70 bits per heavy atom. The second-order valence-corrected chi connectivity index (χ2v) is 9.63. The van der Waals surface area contributed by atoms with Gasteiger partial charge in [-0.2, -0.15) is 4.31 Å². The zero-order valence-corrected chi connectivity index (χ0v) is 18.6. The van der Waals surface area contributed by atoms with Gasteiger partial charge in [-0.05, 0) is 35.4 Å². The summed E-state index contributed by atoms with van der Waals surface area (Å²) in [6.45, 7) is 3.58. The van der Waals surface area contributed by atoms with Crippen molar-refractivity contribution in [2.45, 2.75) is 13.1 Å². The van der Waals surface area contributed by atoms with E-state index in [1.807, 2.05) is 48.5 Å². The lowest BCUT2D eigenvalue weighted by Crippen LogP contribution is -2.47. The third-order valence-corrected chi connectivity index (χ3v) is 6.61. The molecule has 1 saturated heterocycles. The molecule has 0 bridgehead atoms. The third-order valence-electron chi connectivity index (χ3n) is 5.31. The standard InChI is InChI=1S/C22H29N3O4S/c1-23(16-18-7-9-21(29-2)10-8-18)22(26)20-6-4-5-19(15-20)17-24-11-13-25(14-12-24)30(3,27)28/h4-10,15H,11-14,16-17H2,1-3H3. The fourth-order valence-electron chi connectivity index (χ4n) is 3.58. The number of carbonyl (C=O) groups excluding carboxylic acids is 1. The van der Waals surface area contributed by atoms with E-state index < -0.39 is 10.0 Å². The van der Waals surface area contributed by atoms with E-state index in [0.717, 1.165) is 16.9 Å². The molecule has 30 heavy (non-hydrogen) atoms. The van der Waals surface area contributed by atoms with Crippen molar-refractivity contribution in [3.8, 4) is 5.75 Å². The van der Waals surface area contributed by atoms with Crippen LogP contribution in [0.25, 0.3) is 0 Å². The summed E-state index contributed by atoms with van der Waals surface area (Å²) < 4.78 is 30.0. The number of nitrogens with zero attached hydrogens (tertiary/aromatic N) is 3. The zero-order chi connectivity index (χ0) is 21.7. The van der Waals surface area contributed by atoms with Gasteiger partial charge in [0.15, 0.2) is 0 Å². The first-order chi connectivity index (χ1) is 14.3. The van der Waals surface area contributed by atoms with Gasteiger partial charge in [0.2, 0.25) is 10.0 Å². The normalized spacial score (nSPS) is 15.7. The molecular weight excluding hydrogens is 402 g/mol. The molecule has 0 unspecified atom stereocenters. The van der Waals surface area contributed by atoms with E-state index in [1.54, 1.807) is 19.1 Å². The molecule has 1 amide bonds. The van der Waals surface area contributed by atoms with Crippen LogP contribution in [-0.2, 0) is 23.1 Å². The Morgan fingerprint density at radius 3 is 2.30 bits per heavy atom.